The molecule has 1 N–H and O–H groups in total. The highest BCUT2D eigenvalue weighted by molar-refractivity contribution is 7.91. The van der Waals surface area contributed by atoms with Crippen molar-refractivity contribution in [3.05, 3.63) is 48.0 Å². The molecule has 7 heteroatoms. The topological polar surface area (TPSA) is 80.3 Å². The van der Waals surface area contributed by atoms with E-state index in [0.717, 1.165) is 16.3 Å². The minimum absolute atomic E-state index is 0.0135. The lowest BCUT2D eigenvalue weighted by Gasteiger charge is -2.23. The lowest BCUT2D eigenvalue weighted by Crippen LogP contribution is -2.35. The number of fused-ring (bicyclic) bond motifs is 1. The van der Waals surface area contributed by atoms with Gasteiger partial charge in [-0.15, -0.1) is 0 Å². The van der Waals surface area contributed by atoms with Gasteiger partial charge in [0.1, 0.15) is 9.84 Å². The van der Waals surface area contributed by atoms with Crippen LogP contribution in [-0.4, -0.2) is 34.1 Å². The Morgan fingerprint density at radius 2 is 1.72 bits per heavy atom. The Hall–Kier alpha value is -1.44. The summed E-state index contributed by atoms with van der Waals surface area (Å²) in [6.07, 6.45) is 0.848. The van der Waals surface area contributed by atoms with Crippen LogP contribution in [0.5, 0.6) is 0 Å². The monoisotopic (exact) mass is 381 g/mol. The second-order valence-electron chi connectivity index (χ2n) is 6.82. The van der Waals surface area contributed by atoms with E-state index in [1.807, 2.05) is 49.4 Å². The number of sulfone groups is 1. The fourth-order valence-electron chi connectivity index (χ4n) is 3.28. The van der Waals surface area contributed by atoms with E-state index in [9.17, 15) is 16.8 Å². The number of sulfonamides is 1. The molecular weight excluding hydrogens is 358 g/mol. The highest BCUT2D eigenvalue weighted by Crippen LogP contribution is 2.23. The summed E-state index contributed by atoms with van der Waals surface area (Å²) in [6.45, 7) is 1.83. The SMILES string of the molecule is C[C@@H](NS(=O)(=O)CC1CCS(=O)(=O)CC1)c1ccc2ccccc2c1. The second kappa shape index (κ2) is 7.05. The van der Waals surface area contributed by atoms with E-state index in [0.29, 0.717) is 12.8 Å². The van der Waals surface area contributed by atoms with Crippen LogP contribution in [0.1, 0.15) is 31.4 Å². The van der Waals surface area contributed by atoms with Crippen molar-refractivity contribution in [2.45, 2.75) is 25.8 Å². The summed E-state index contributed by atoms with van der Waals surface area (Å²) in [4.78, 5) is 0. The van der Waals surface area contributed by atoms with Gasteiger partial charge in [-0.3, -0.25) is 0 Å². The van der Waals surface area contributed by atoms with Crippen molar-refractivity contribution in [1.29, 1.82) is 0 Å². The molecule has 3 rings (SSSR count). The minimum atomic E-state index is -3.46. The average Bonchev–Trinajstić information content (AvgIpc) is 2.56. The Morgan fingerprint density at radius 3 is 2.40 bits per heavy atom. The molecule has 1 atom stereocenters. The molecule has 0 amide bonds. The molecule has 0 radical (unpaired) electrons. The van der Waals surface area contributed by atoms with Gasteiger partial charge in [0.15, 0.2) is 0 Å². The van der Waals surface area contributed by atoms with Crippen LogP contribution in [-0.2, 0) is 19.9 Å². The molecule has 1 fully saturated rings. The number of hydrogen-bond donors (Lipinski definition) is 1. The highest BCUT2D eigenvalue weighted by atomic mass is 32.2. The number of rotatable bonds is 5. The molecule has 0 unspecified atom stereocenters. The maximum atomic E-state index is 12.4. The Labute approximate surface area is 149 Å². The number of hydrogen-bond acceptors (Lipinski definition) is 4. The normalized spacial score (nSPS) is 19.7. The van der Waals surface area contributed by atoms with Gasteiger partial charge in [-0.25, -0.2) is 21.6 Å². The first kappa shape index (κ1) is 18.4. The fourth-order valence-corrected chi connectivity index (χ4v) is 6.59. The zero-order valence-corrected chi connectivity index (χ0v) is 15.8. The number of benzene rings is 2. The Bertz CT molecular complexity index is 953. The molecule has 1 saturated heterocycles. The van der Waals surface area contributed by atoms with E-state index < -0.39 is 19.9 Å². The van der Waals surface area contributed by atoms with Gasteiger partial charge in [0.05, 0.1) is 17.3 Å². The molecule has 136 valence electrons. The van der Waals surface area contributed by atoms with Crippen molar-refractivity contribution in [3.8, 4) is 0 Å². The van der Waals surface area contributed by atoms with Crippen molar-refractivity contribution >= 4 is 30.6 Å². The van der Waals surface area contributed by atoms with E-state index in [1.165, 1.54) is 0 Å². The largest absolute Gasteiger partial charge is 0.229 e. The summed E-state index contributed by atoms with van der Waals surface area (Å²) in [5.74, 6) is 0.0752. The first-order valence-corrected chi connectivity index (χ1v) is 11.9. The van der Waals surface area contributed by atoms with E-state index >= 15 is 0 Å². The van der Waals surface area contributed by atoms with Crippen LogP contribution >= 0.6 is 0 Å². The lowest BCUT2D eigenvalue weighted by atomic mass is 10.0. The summed E-state index contributed by atoms with van der Waals surface area (Å²) in [5, 5.41) is 2.19. The van der Waals surface area contributed by atoms with Gasteiger partial charge in [-0.1, -0.05) is 36.4 Å². The molecule has 2 aromatic carbocycles. The summed E-state index contributed by atoms with van der Waals surface area (Å²) in [7, 11) is -6.44. The first-order valence-electron chi connectivity index (χ1n) is 8.43. The Morgan fingerprint density at radius 1 is 1.08 bits per heavy atom. The molecule has 25 heavy (non-hydrogen) atoms. The molecule has 0 bridgehead atoms. The van der Waals surface area contributed by atoms with E-state index in [-0.39, 0.29) is 29.2 Å². The molecule has 1 heterocycles. The molecule has 0 aromatic heterocycles. The van der Waals surface area contributed by atoms with Crippen LogP contribution in [0.4, 0.5) is 0 Å². The van der Waals surface area contributed by atoms with Crippen molar-refractivity contribution in [1.82, 2.24) is 4.72 Å². The predicted octanol–water partition coefficient (Wildman–Crippen LogP) is 2.65. The van der Waals surface area contributed by atoms with Crippen molar-refractivity contribution < 1.29 is 16.8 Å². The fraction of sp³-hybridized carbons (Fsp3) is 0.444. The Balaban J connectivity index is 1.67. The van der Waals surface area contributed by atoms with Gasteiger partial charge >= 0.3 is 0 Å². The third-order valence-corrected chi connectivity index (χ3v) is 8.10. The van der Waals surface area contributed by atoms with E-state index in [2.05, 4.69) is 4.72 Å². The molecule has 0 spiro atoms. The lowest BCUT2D eigenvalue weighted by molar-refractivity contribution is 0.486. The maximum absolute atomic E-state index is 12.4. The van der Waals surface area contributed by atoms with Gasteiger partial charge in [-0.05, 0) is 48.1 Å². The first-order chi connectivity index (χ1) is 11.7. The third-order valence-electron chi connectivity index (χ3n) is 4.76. The standard InChI is InChI=1S/C18H23NO4S2/c1-14(17-7-6-16-4-2-3-5-18(16)12-17)19-25(22,23)13-15-8-10-24(20,21)11-9-15/h2-7,12,14-15,19H,8-11,13H2,1H3/t14-/m1/s1. The van der Waals surface area contributed by atoms with Gasteiger partial charge in [-0.2, -0.15) is 0 Å². The van der Waals surface area contributed by atoms with Gasteiger partial charge in [0.25, 0.3) is 0 Å². The molecule has 0 aliphatic carbocycles. The van der Waals surface area contributed by atoms with Gasteiger partial charge in [0.2, 0.25) is 10.0 Å². The quantitative estimate of drug-likeness (QED) is 0.863. The molecule has 5 nitrogen and oxygen atoms in total. The van der Waals surface area contributed by atoms with E-state index in [4.69, 9.17) is 0 Å². The van der Waals surface area contributed by atoms with Crippen LogP contribution < -0.4 is 4.72 Å². The van der Waals surface area contributed by atoms with Crippen molar-refractivity contribution in [2.75, 3.05) is 17.3 Å². The van der Waals surface area contributed by atoms with Crippen LogP contribution in [0.25, 0.3) is 10.8 Å². The van der Waals surface area contributed by atoms with Crippen molar-refractivity contribution in [2.24, 2.45) is 5.92 Å². The van der Waals surface area contributed by atoms with Crippen LogP contribution in [0.2, 0.25) is 0 Å². The summed E-state index contributed by atoms with van der Waals surface area (Å²) >= 11 is 0. The van der Waals surface area contributed by atoms with Gasteiger partial charge in [0, 0.05) is 6.04 Å². The van der Waals surface area contributed by atoms with E-state index in [1.54, 1.807) is 0 Å². The number of nitrogens with one attached hydrogen (secondary N) is 1. The van der Waals surface area contributed by atoms with Crippen LogP contribution in [0, 0.1) is 5.92 Å². The third kappa shape index (κ3) is 4.80. The zero-order valence-electron chi connectivity index (χ0n) is 14.2. The van der Waals surface area contributed by atoms with Crippen LogP contribution in [0.15, 0.2) is 42.5 Å². The minimum Gasteiger partial charge on any atom is -0.229 e. The summed E-state index contributed by atoms with van der Waals surface area (Å²) in [6, 6.07) is 13.5. The molecular formula is C18H23NO4S2. The molecule has 1 aliphatic heterocycles. The Kier molecular flexibility index (Phi) is 5.18. The van der Waals surface area contributed by atoms with Crippen LogP contribution in [0.3, 0.4) is 0 Å². The average molecular weight is 382 g/mol. The predicted molar refractivity (Wildman–Crippen MR) is 101 cm³/mol. The smallest absolute Gasteiger partial charge is 0.212 e. The molecule has 1 aliphatic rings. The highest BCUT2D eigenvalue weighted by Gasteiger charge is 2.28. The van der Waals surface area contributed by atoms with Crippen molar-refractivity contribution in [3.63, 3.8) is 0 Å². The second-order valence-corrected chi connectivity index (χ2v) is 10.9. The van der Waals surface area contributed by atoms with Gasteiger partial charge < -0.3 is 0 Å². The molecule has 2 aromatic rings. The maximum Gasteiger partial charge on any atom is 0.212 e. The molecule has 0 saturated carbocycles. The zero-order chi connectivity index (χ0) is 18.1. The summed E-state index contributed by atoms with van der Waals surface area (Å²) < 4.78 is 50.6. The summed E-state index contributed by atoms with van der Waals surface area (Å²) in [5.41, 5.74) is 0.911.